The SMILES string of the molecule is COCCn1ccc2c(NC(=O)CCc3ccc(C)cc3C)cccc2c1=O. The number of fused-ring (bicyclic) bond motifs is 1. The molecule has 0 aliphatic carbocycles. The number of hydrogen-bond donors (Lipinski definition) is 1. The molecule has 0 aliphatic rings. The highest BCUT2D eigenvalue weighted by molar-refractivity contribution is 6.01. The highest BCUT2D eigenvalue weighted by Gasteiger charge is 2.10. The molecule has 1 N–H and O–H groups in total. The Morgan fingerprint density at radius 1 is 1.11 bits per heavy atom. The minimum absolute atomic E-state index is 0.0592. The van der Waals surface area contributed by atoms with Crippen LogP contribution < -0.4 is 10.9 Å². The number of carbonyl (C=O) groups is 1. The summed E-state index contributed by atoms with van der Waals surface area (Å²) < 4.78 is 6.67. The van der Waals surface area contributed by atoms with Crippen molar-refractivity contribution in [2.75, 3.05) is 19.0 Å². The van der Waals surface area contributed by atoms with Crippen molar-refractivity contribution in [2.45, 2.75) is 33.2 Å². The summed E-state index contributed by atoms with van der Waals surface area (Å²) >= 11 is 0. The second kappa shape index (κ2) is 8.85. The number of aromatic nitrogens is 1. The van der Waals surface area contributed by atoms with Crippen LogP contribution in [0.5, 0.6) is 0 Å². The second-order valence-electron chi connectivity index (χ2n) is 7.05. The Hall–Kier alpha value is -2.92. The summed E-state index contributed by atoms with van der Waals surface area (Å²) in [7, 11) is 1.61. The largest absolute Gasteiger partial charge is 0.383 e. The van der Waals surface area contributed by atoms with E-state index in [0.717, 1.165) is 5.39 Å². The number of methoxy groups -OCH3 is 1. The molecule has 1 aromatic heterocycles. The van der Waals surface area contributed by atoms with Crippen LogP contribution in [0.25, 0.3) is 10.8 Å². The number of carbonyl (C=O) groups excluding carboxylic acids is 1. The zero-order valence-electron chi connectivity index (χ0n) is 16.6. The lowest BCUT2D eigenvalue weighted by atomic mass is 10.0. The van der Waals surface area contributed by atoms with Gasteiger partial charge in [0, 0.05) is 42.7 Å². The molecule has 3 rings (SSSR count). The fraction of sp³-hybridized carbons (Fsp3) is 0.304. The van der Waals surface area contributed by atoms with Crippen molar-refractivity contribution >= 4 is 22.4 Å². The van der Waals surface area contributed by atoms with E-state index in [9.17, 15) is 9.59 Å². The quantitative estimate of drug-likeness (QED) is 0.680. The van der Waals surface area contributed by atoms with Crippen LogP contribution in [-0.4, -0.2) is 24.2 Å². The van der Waals surface area contributed by atoms with E-state index in [-0.39, 0.29) is 11.5 Å². The normalized spacial score (nSPS) is 11.0. The number of anilines is 1. The van der Waals surface area contributed by atoms with Gasteiger partial charge in [-0.05, 0) is 49.6 Å². The fourth-order valence-corrected chi connectivity index (χ4v) is 3.38. The Morgan fingerprint density at radius 2 is 1.93 bits per heavy atom. The first-order chi connectivity index (χ1) is 13.5. The van der Waals surface area contributed by atoms with Gasteiger partial charge in [-0.1, -0.05) is 29.8 Å². The number of hydrogen-bond acceptors (Lipinski definition) is 3. The van der Waals surface area contributed by atoms with Gasteiger partial charge in [0.15, 0.2) is 0 Å². The summed E-state index contributed by atoms with van der Waals surface area (Å²) in [5.41, 5.74) is 4.19. The maximum absolute atomic E-state index is 12.6. The average Bonchev–Trinajstić information content (AvgIpc) is 2.67. The third-order valence-corrected chi connectivity index (χ3v) is 4.95. The van der Waals surface area contributed by atoms with E-state index in [0.29, 0.717) is 37.1 Å². The van der Waals surface area contributed by atoms with E-state index in [4.69, 9.17) is 4.74 Å². The van der Waals surface area contributed by atoms with Crippen molar-refractivity contribution in [3.8, 4) is 0 Å². The molecule has 2 aromatic carbocycles. The maximum Gasteiger partial charge on any atom is 0.258 e. The first kappa shape index (κ1) is 19.8. The van der Waals surface area contributed by atoms with Gasteiger partial charge in [-0.2, -0.15) is 0 Å². The van der Waals surface area contributed by atoms with Crippen LogP contribution in [0.1, 0.15) is 23.1 Å². The van der Waals surface area contributed by atoms with Gasteiger partial charge in [0.1, 0.15) is 0 Å². The number of pyridine rings is 1. The van der Waals surface area contributed by atoms with Crippen LogP contribution in [0.4, 0.5) is 5.69 Å². The zero-order valence-corrected chi connectivity index (χ0v) is 16.6. The van der Waals surface area contributed by atoms with Crippen LogP contribution in [0.2, 0.25) is 0 Å². The third-order valence-electron chi connectivity index (χ3n) is 4.95. The van der Waals surface area contributed by atoms with Crippen LogP contribution in [-0.2, 0) is 22.5 Å². The van der Waals surface area contributed by atoms with E-state index in [1.165, 1.54) is 16.7 Å². The Bertz CT molecular complexity index is 1050. The van der Waals surface area contributed by atoms with Gasteiger partial charge in [-0.25, -0.2) is 0 Å². The summed E-state index contributed by atoms with van der Waals surface area (Å²) in [5.74, 6) is -0.0592. The Balaban J connectivity index is 1.75. The molecule has 0 radical (unpaired) electrons. The molecule has 0 unspecified atom stereocenters. The standard InChI is InChI=1S/C23H26N2O3/c1-16-7-8-18(17(2)15-16)9-10-22(26)24-21-6-4-5-20-19(21)11-12-25(23(20)27)13-14-28-3/h4-8,11-12,15H,9-10,13-14H2,1-3H3,(H,24,26). The second-order valence-corrected chi connectivity index (χ2v) is 7.05. The first-order valence-electron chi connectivity index (χ1n) is 9.46. The highest BCUT2D eigenvalue weighted by atomic mass is 16.5. The molecule has 0 bridgehead atoms. The van der Waals surface area contributed by atoms with Crippen LogP contribution in [0.3, 0.4) is 0 Å². The van der Waals surface area contributed by atoms with Crippen LogP contribution in [0.15, 0.2) is 53.5 Å². The van der Waals surface area contributed by atoms with Gasteiger partial charge >= 0.3 is 0 Å². The molecule has 0 atom stereocenters. The molecule has 1 heterocycles. The van der Waals surface area contributed by atoms with Crippen LogP contribution >= 0.6 is 0 Å². The molecule has 3 aromatic rings. The number of nitrogens with zero attached hydrogens (tertiary/aromatic N) is 1. The Morgan fingerprint density at radius 3 is 2.68 bits per heavy atom. The van der Waals surface area contributed by atoms with Gasteiger partial charge in [0.25, 0.3) is 5.56 Å². The third kappa shape index (κ3) is 4.49. The molecule has 0 aliphatic heterocycles. The van der Waals surface area contributed by atoms with Gasteiger partial charge in [0.05, 0.1) is 6.61 Å². The van der Waals surface area contributed by atoms with Crippen molar-refractivity contribution < 1.29 is 9.53 Å². The number of ether oxygens (including phenoxy) is 1. The lowest BCUT2D eigenvalue weighted by Crippen LogP contribution is -2.22. The lowest BCUT2D eigenvalue weighted by molar-refractivity contribution is -0.116. The van der Waals surface area contributed by atoms with Gasteiger partial charge in [-0.15, -0.1) is 0 Å². The molecule has 1 amide bonds. The fourth-order valence-electron chi connectivity index (χ4n) is 3.38. The topological polar surface area (TPSA) is 60.3 Å². The molecule has 5 heteroatoms. The predicted molar refractivity (Wildman–Crippen MR) is 113 cm³/mol. The first-order valence-corrected chi connectivity index (χ1v) is 9.46. The summed E-state index contributed by atoms with van der Waals surface area (Å²) in [6.07, 6.45) is 2.83. The minimum Gasteiger partial charge on any atom is -0.383 e. The molecule has 28 heavy (non-hydrogen) atoms. The number of rotatable bonds is 7. The van der Waals surface area contributed by atoms with E-state index in [2.05, 4.69) is 37.4 Å². The van der Waals surface area contributed by atoms with Crippen molar-refractivity contribution in [3.63, 3.8) is 0 Å². The summed E-state index contributed by atoms with van der Waals surface area (Å²) in [6, 6.07) is 13.6. The van der Waals surface area contributed by atoms with E-state index in [1.54, 1.807) is 30.0 Å². The lowest BCUT2D eigenvalue weighted by Gasteiger charge is -2.11. The van der Waals surface area contributed by atoms with Crippen LogP contribution in [0, 0.1) is 13.8 Å². The molecule has 0 spiro atoms. The number of aryl methyl sites for hydroxylation is 3. The van der Waals surface area contributed by atoms with Gasteiger partial charge in [0.2, 0.25) is 5.91 Å². The van der Waals surface area contributed by atoms with Crippen molar-refractivity contribution in [2.24, 2.45) is 0 Å². The number of benzene rings is 2. The maximum atomic E-state index is 12.6. The summed E-state index contributed by atoms with van der Waals surface area (Å²) in [5, 5.41) is 4.30. The molecule has 0 fully saturated rings. The number of nitrogens with one attached hydrogen (secondary N) is 1. The van der Waals surface area contributed by atoms with Gasteiger partial charge < -0.3 is 14.6 Å². The van der Waals surface area contributed by atoms with Crippen molar-refractivity contribution in [1.29, 1.82) is 0 Å². The minimum atomic E-state index is -0.0825. The monoisotopic (exact) mass is 378 g/mol. The van der Waals surface area contributed by atoms with Crippen molar-refractivity contribution in [3.05, 3.63) is 75.7 Å². The Kier molecular flexibility index (Phi) is 6.26. The summed E-state index contributed by atoms with van der Waals surface area (Å²) in [4.78, 5) is 25.1. The molecular formula is C23H26N2O3. The van der Waals surface area contributed by atoms with Crippen molar-refractivity contribution in [1.82, 2.24) is 4.57 Å². The molecule has 0 saturated carbocycles. The van der Waals surface area contributed by atoms with Gasteiger partial charge in [-0.3, -0.25) is 9.59 Å². The molecular weight excluding hydrogens is 352 g/mol. The molecule has 146 valence electrons. The average molecular weight is 378 g/mol. The Labute approximate surface area is 165 Å². The smallest absolute Gasteiger partial charge is 0.258 e. The van der Waals surface area contributed by atoms with E-state index >= 15 is 0 Å². The van der Waals surface area contributed by atoms with E-state index in [1.807, 2.05) is 12.1 Å². The van der Waals surface area contributed by atoms with E-state index < -0.39 is 0 Å². The predicted octanol–water partition coefficient (Wildman–Crippen LogP) is 3.84. The summed E-state index contributed by atoms with van der Waals surface area (Å²) in [6.45, 7) is 5.10. The molecule has 0 saturated heterocycles. The number of amides is 1. The highest BCUT2D eigenvalue weighted by Crippen LogP contribution is 2.21. The molecule has 5 nitrogen and oxygen atoms in total. The zero-order chi connectivity index (χ0) is 20.1.